The minimum atomic E-state index is -0.466. The molecule has 0 fully saturated rings. The van der Waals surface area contributed by atoms with E-state index < -0.39 is 11.9 Å². The molecule has 0 saturated carbocycles. The summed E-state index contributed by atoms with van der Waals surface area (Å²) in [6.07, 6.45) is 0. The van der Waals surface area contributed by atoms with Crippen molar-refractivity contribution in [2.24, 2.45) is 0 Å². The molecule has 8 heteroatoms. The maximum atomic E-state index is 12.5. The Morgan fingerprint density at radius 3 is 2.28 bits per heavy atom. The zero-order valence-corrected chi connectivity index (χ0v) is 17.0. The molecule has 2 aromatic carbocycles. The van der Waals surface area contributed by atoms with Crippen LogP contribution in [0.3, 0.4) is 0 Å². The van der Waals surface area contributed by atoms with Crippen molar-refractivity contribution < 1.29 is 9.59 Å². The van der Waals surface area contributed by atoms with Crippen molar-refractivity contribution >= 4 is 34.4 Å². The van der Waals surface area contributed by atoms with Gasteiger partial charge in [0.05, 0.1) is 11.6 Å². The Morgan fingerprint density at radius 1 is 0.966 bits per heavy atom. The lowest BCUT2D eigenvalue weighted by Gasteiger charge is -2.20. The summed E-state index contributed by atoms with van der Waals surface area (Å²) in [6.45, 7) is 4.39. The summed E-state index contributed by atoms with van der Waals surface area (Å²) in [4.78, 5) is 28.6. The molecule has 0 radical (unpaired) electrons. The first kappa shape index (κ1) is 20.7. The molecular weight excluding hydrogens is 390 g/mol. The van der Waals surface area contributed by atoms with Gasteiger partial charge in [0.2, 0.25) is 11.7 Å². The standard InChI is InChI=1S/C21H22ClN5O2/c1-13(2)14-7-9-15(10-8-14)18(24-19(28)11-22)12-23-21(29)20-25-16-5-3-4-6-17(16)26-27-20/h3-10,13,18H,11-12H2,1-2H3,(H,23,29)(H,24,28). The SMILES string of the molecule is CC(C)c1ccc(C(CNC(=O)c2nnc3ccccc3n2)NC(=O)CCl)cc1. The van der Waals surface area contributed by atoms with E-state index in [-0.39, 0.29) is 24.2 Å². The van der Waals surface area contributed by atoms with Crippen molar-refractivity contribution in [2.45, 2.75) is 25.8 Å². The van der Waals surface area contributed by atoms with Crippen molar-refractivity contribution in [1.82, 2.24) is 25.8 Å². The van der Waals surface area contributed by atoms with E-state index in [1.807, 2.05) is 36.4 Å². The topological polar surface area (TPSA) is 96.9 Å². The normalized spacial score (nSPS) is 12.0. The van der Waals surface area contributed by atoms with Gasteiger partial charge in [-0.3, -0.25) is 9.59 Å². The third kappa shape index (κ3) is 5.26. The van der Waals surface area contributed by atoms with E-state index in [1.54, 1.807) is 12.1 Å². The van der Waals surface area contributed by atoms with Gasteiger partial charge >= 0.3 is 0 Å². The highest BCUT2D eigenvalue weighted by atomic mass is 35.5. The van der Waals surface area contributed by atoms with Crippen LogP contribution < -0.4 is 10.6 Å². The van der Waals surface area contributed by atoms with E-state index in [0.717, 1.165) is 5.56 Å². The Balaban J connectivity index is 1.74. The number of para-hydroxylation sites is 1. The molecule has 3 aromatic rings. The molecule has 3 rings (SSSR count). The largest absolute Gasteiger partial charge is 0.347 e. The molecule has 0 saturated heterocycles. The number of hydrogen-bond donors (Lipinski definition) is 2. The predicted octanol–water partition coefficient (Wildman–Crippen LogP) is 2.97. The van der Waals surface area contributed by atoms with E-state index >= 15 is 0 Å². The van der Waals surface area contributed by atoms with E-state index in [4.69, 9.17) is 11.6 Å². The van der Waals surface area contributed by atoms with Crippen LogP contribution in [0.4, 0.5) is 0 Å². The number of nitrogens with one attached hydrogen (secondary N) is 2. The summed E-state index contributed by atoms with van der Waals surface area (Å²) in [6, 6.07) is 14.7. The van der Waals surface area contributed by atoms with Crippen LogP contribution in [-0.2, 0) is 4.79 Å². The Morgan fingerprint density at radius 2 is 1.62 bits per heavy atom. The van der Waals surface area contributed by atoms with Gasteiger partial charge in [0.1, 0.15) is 11.4 Å². The molecule has 1 unspecified atom stereocenters. The number of aromatic nitrogens is 3. The molecule has 0 aliphatic rings. The van der Waals surface area contributed by atoms with E-state index in [2.05, 4.69) is 39.7 Å². The Labute approximate surface area is 173 Å². The summed E-state index contributed by atoms with van der Waals surface area (Å²) in [5.41, 5.74) is 3.26. The highest BCUT2D eigenvalue weighted by Gasteiger charge is 2.18. The number of hydrogen-bond acceptors (Lipinski definition) is 5. The van der Waals surface area contributed by atoms with Gasteiger partial charge in [-0.2, -0.15) is 0 Å². The molecule has 2 amide bonds. The molecule has 1 aromatic heterocycles. The van der Waals surface area contributed by atoms with Crippen LogP contribution in [0.2, 0.25) is 0 Å². The molecule has 150 valence electrons. The molecule has 0 aliphatic carbocycles. The number of alkyl halides is 1. The highest BCUT2D eigenvalue weighted by molar-refractivity contribution is 6.27. The fourth-order valence-electron chi connectivity index (χ4n) is 2.85. The zero-order valence-electron chi connectivity index (χ0n) is 16.2. The van der Waals surface area contributed by atoms with Crippen LogP contribution in [0, 0.1) is 0 Å². The fraction of sp³-hybridized carbons (Fsp3) is 0.286. The Bertz CT molecular complexity index is 1010. The molecule has 0 spiro atoms. The molecule has 7 nitrogen and oxygen atoms in total. The van der Waals surface area contributed by atoms with Crippen LogP contribution in [0.15, 0.2) is 48.5 Å². The first-order valence-electron chi connectivity index (χ1n) is 9.30. The summed E-state index contributed by atoms with van der Waals surface area (Å²) in [5.74, 6) is -0.570. The third-order valence-electron chi connectivity index (χ3n) is 4.49. The quantitative estimate of drug-likeness (QED) is 0.582. The molecule has 1 heterocycles. The molecular formula is C21H22ClN5O2. The number of benzene rings is 2. The first-order chi connectivity index (χ1) is 14.0. The number of amides is 2. The van der Waals surface area contributed by atoms with Gasteiger partial charge in [0, 0.05) is 6.54 Å². The lowest BCUT2D eigenvalue weighted by molar-refractivity contribution is -0.119. The van der Waals surface area contributed by atoms with Crippen LogP contribution in [-0.4, -0.2) is 39.4 Å². The zero-order chi connectivity index (χ0) is 20.8. The van der Waals surface area contributed by atoms with Gasteiger partial charge < -0.3 is 10.6 Å². The number of rotatable bonds is 7. The average molecular weight is 412 g/mol. The second-order valence-electron chi connectivity index (χ2n) is 6.91. The van der Waals surface area contributed by atoms with Crippen molar-refractivity contribution in [3.8, 4) is 0 Å². The summed E-state index contributed by atoms with van der Waals surface area (Å²) in [5, 5.41) is 13.5. The van der Waals surface area contributed by atoms with Crippen molar-refractivity contribution in [3.05, 3.63) is 65.5 Å². The number of carbonyl (C=O) groups excluding carboxylic acids is 2. The summed E-state index contributed by atoms with van der Waals surface area (Å²) in [7, 11) is 0. The summed E-state index contributed by atoms with van der Waals surface area (Å²) >= 11 is 5.64. The van der Waals surface area contributed by atoms with Gasteiger partial charge in [0.25, 0.3) is 5.91 Å². The molecule has 1 atom stereocenters. The number of carbonyl (C=O) groups is 2. The molecule has 2 N–H and O–H groups in total. The van der Waals surface area contributed by atoms with Crippen molar-refractivity contribution in [1.29, 1.82) is 0 Å². The van der Waals surface area contributed by atoms with Gasteiger partial charge in [-0.1, -0.05) is 50.2 Å². The van der Waals surface area contributed by atoms with E-state index in [9.17, 15) is 9.59 Å². The van der Waals surface area contributed by atoms with Crippen molar-refractivity contribution in [2.75, 3.05) is 12.4 Å². The van der Waals surface area contributed by atoms with Crippen molar-refractivity contribution in [3.63, 3.8) is 0 Å². The minimum absolute atomic E-state index is 0.0266. The summed E-state index contributed by atoms with van der Waals surface area (Å²) < 4.78 is 0. The highest BCUT2D eigenvalue weighted by Crippen LogP contribution is 2.19. The fourth-order valence-corrected chi connectivity index (χ4v) is 2.93. The lowest BCUT2D eigenvalue weighted by Crippen LogP contribution is -2.38. The molecule has 0 bridgehead atoms. The Hall–Kier alpha value is -3.06. The number of fused-ring (bicyclic) bond motifs is 1. The van der Waals surface area contributed by atoms with E-state index in [1.165, 1.54) is 5.56 Å². The first-order valence-corrected chi connectivity index (χ1v) is 9.84. The van der Waals surface area contributed by atoms with Crippen LogP contribution >= 0.6 is 11.6 Å². The van der Waals surface area contributed by atoms with Gasteiger partial charge in [-0.25, -0.2) is 4.98 Å². The molecule has 29 heavy (non-hydrogen) atoms. The average Bonchev–Trinajstić information content (AvgIpc) is 2.75. The third-order valence-corrected chi connectivity index (χ3v) is 4.74. The minimum Gasteiger partial charge on any atom is -0.347 e. The Kier molecular flexibility index (Phi) is 6.72. The smallest absolute Gasteiger partial charge is 0.291 e. The van der Waals surface area contributed by atoms with Crippen LogP contribution in [0.1, 0.15) is 47.6 Å². The van der Waals surface area contributed by atoms with Gasteiger partial charge in [0.15, 0.2) is 0 Å². The molecule has 0 aliphatic heterocycles. The monoisotopic (exact) mass is 411 g/mol. The van der Waals surface area contributed by atoms with Gasteiger partial charge in [-0.15, -0.1) is 21.8 Å². The maximum absolute atomic E-state index is 12.5. The lowest BCUT2D eigenvalue weighted by atomic mass is 9.99. The van der Waals surface area contributed by atoms with E-state index in [0.29, 0.717) is 17.0 Å². The second-order valence-corrected chi connectivity index (χ2v) is 7.18. The maximum Gasteiger partial charge on any atom is 0.291 e. The van der Waals surface area contributed by atoms with Gasteiger partial charge in [-0.05, 0) is 29.2 Å². The van der Waals surface area contributed by atoms with Crippen LogP contribution in [0.5, 0.6) is 0 Å². The second kappa shape index (κ2) is 9.43. The van der Waals surface area contributed by atoms with Crippen LogP contribution in [0.25, 0.3) is 11.0 Å². The predicted molar refractivity (Wildman–Crippen MR) is 112 cm³/mol. The number of halogens is 1. The number of nitrogens with zero attached hydrogens (tertiary/aromatic N) is 3.